The summed E-state index contributed by atoms with van der Waals surface area (Å²) in [6.45, 7) is 1.64. The first-order valence-electron chi connectivity index (χ1n) is 14.7. The van der Waals surface area contributed by atoms with Gasteiger partial charge >= 0.3 is 6.01 Å². The lowest BCUT2D eigenvalue weighted by Crippen LogP contribution is -2.43. The van der Waals surface area contributed by atoms with Crippen LogP contribution in [0.5, 0.6) is 17.6 Å². The molecule has 0 bridgehead atoms. The van der Waals surface area contributed by atoms with Crippen LogP contribution < -0.4 is 14.4 Å². The standard InChI is InChI=1S/C32H28F3N5O4/c1-2-21-23(34)5-4-16-8-19(41)10-22(24(16)21)27-26(35)28-25-29(40-13-20(42)9-18(40)14-43-30(25)36-27)38-31(37-28)44-15-32-6-3-7-39(32)12-17(33)11-32/h1,4-5,8,10,17-18,20,41-42H,3,6-7,9,11-15H2/t17-,18+,20?,32+/m1/s1. The Kier molecular flexibility index (Phi) is 6.09. The van der Waals surface area contributed by atoms with E-state index in [2.05, 4.69) is 25.8 Å². The van der Waals surface area contributed by atoms with Crippen LogP contribution in [0.3, 0.4) is 0 Å². The van der Waals surface area contributed by atoms with Crippen molar-refractivity contribution in [2.75, 3.05) is 37.7 Å². The van der Waals surface area contributed by atoms with E-state index in [1.54, 1.807) is 0 Å². The van der Waals surface area contributed by atoms with Gasteiger partial charge in [0, 0.05) is 30.5 Å². The lowest BCUT2D eigenvalue weighted by Gasteiger charge is -2.31. The van der Waals surface area contributed by atoms with Crippen LogP contribution in [0.4, 0.5) is 19.0 Å². The molecule has 2 N–H and O–H groups in total. The topological polar surface area (TPSA) is 104 Å². The Morgan fingerprint density at radius 2 is 2.02 bits per heavy atom. The second-order valence-electron chi connectivity index (χ2n) is 12.2. The fraction of sp³-hybridized carbons (Fsp3) is 0.406. The van der Waals surface area contributed by atoms with E-state index < -0.39 is 29.4 Å². The maximum atomic E-state index is 16.8. The van der Waals surface area contributed by atoms with Crippen molar-refractivity contribution in [3.63, 3.8) is 0 Å². The van der Waals surface area contributed by atoms with Crippen LogP contribution in [0.1, 0.15) is 31.2 Å². The van der Waals surface area contributed by atoms with Crippen molar-refractivity contribution < 1.29 is 32.9 Å². The molecule has 6 heterocycles. The number of aromatic nitrogens is 3. The Morgan fingerprint density at radius 1 is 1.16 bits per heavy atom. The number of nitrogens with zero attached hydrogens (tertiary/aromatic N) is 5. The highest BCUT2D eigenvalue weighted by molar-refractivity contribution is 6.04. The number of terminal acetylenes is 1. The van der Waals surface area contributed by atoms with Crippen molar-refractivity contribution in [2.45, 2.75) is 49.5 Å². The summed E-state index contributed by atoms with van der Waals surface area (Å²) in [6.07, 6.45) is 6.52. The second kappa shape index (κ2) is 9.84. The van der Waals surface area contributed by atoms with Crippen LogP contribution in [0.25, 0.3) is 32.9 Å². The second-order valence-corrected chi connectivity index (χ2v) is 12.2. The summed E-state index contributed by atoms with van der Waals surface area (Å²) in [5.41, 5.74) is -0.918. The van der Waals surface area contributed by atoms with Gasteiger partial charge in [-0.05, 0) is 49.4 Å². The molecule has 0 radical (unpaired) electrons. The van der Waals surface area contributed by atoms with E-state index in [0.717, 1.165) is 19.4 Å². The molecule has 0 saturated carbocycles. The number of anilines is 1. The fourth-order valence-electron chi connectivity index (χ4n) is 7.54. The molecule has 0 amide bonds. The Morgan fingerprint density at radius 3 is 2.86 bits per heavy atom. The highest BCUT2D eigenvalue weighted by Gasteiger charge is 2.49. The molecule has 3 fully saturated rings. The molecule has 9 nitrogen and oxygen atoms in total. The summed E-state index contributed by atoms with van der Waals surface area (Å²) in [7, 11) is 0. The number of hydrogen-bond donors (Lipinski definition) is 2. The summed E-state index contributed by atoms with van der Waals surface area (Å²) in [5.74, 6) is 0.959. The third-order valence-electron chi connectivity index (χ3n) is 9.47. The van der Waals surface area contributed by atoms with E-state index in [9.17, 15) is 19.0 Å². The normalized spacial score (nSPS) is 26.0. The molecule has 4 aliphatic heterocycles. The van der Waals surface area contributed by atoms with Crippen molar-refractivity contribution in [1.29, 1.82) is 0 Å². The predicted octanol–water partition coefficient (Wildman–Crippen LogP) is 4.10. The first-order chi connectivity index (χ1) is 21.2. The van der Waals surface area contributed by atoms with Gasteiger partial charge < -0.3 is 24.6 Å². The Hall–Kier alpha value is -4.34. The van der Waals surface area contributed by atoms with E-state index in [1.807, 2.05) is 4.90 Å². The van der Waals surface area contributed by atoms with Crippen molar-refractivity contribution >= 4 is 27.5 Å². The molecule has 226 valence electrons. The van der Waals surface area contributed by atoms with Crippen molar-refractivity contribution in [1.82, 2.24) is 19.9 Å². The van der Waals surface area contributed by atoms with Crippen LogP contribution in [-0.2, 0) is 0 Å². The maximum Gasteiger partial charge on any atom is 0.319 e. The lowest BCUT2D eigenvalue weighted by molar-refractivity contribution is 0.107. The van der Waals surface area contributed by atoms with E-state index in [4.69, 9.17) is 15.9 Å². The molecule has 0 aliphatic carbocycles. The summed E-state index contributed by atoms with van der Waals surface area (Å²) >= 11 is 0. The van der Waals surface area contributed by atoms with Gasteiger partial charge in [-0.3, -0.25) is 4.90 Å². The third-order valence-corrected chi connectivity index (χ3v) is 9.47. The summed E-state index contributed by atoms with van der Waals surface area (Å²) < 4.78 is 58.3. The molecular weight excluding hydrogens is 575 g/mol. The van der Waals surface area contributed by atoms with E-state index in [0.29, 0.717) is 30.6 Å². The first-order valence-corrected chi connectivity index (χ1v) is 14.7. The largest absolute Gasteiger partial charge is 0.508 e. The van der Waals surface area contributed by atoms with Gasteiger partial charge in [0.15, 0.2) is 5.82 Å². The highest BCUT2D eigenvalue weighted by Crippen LogP contribution is 2.45. The van der Waals surface area contributed by atoms with E-state index in [1.165, 1.54) is 24.3 Å². The van der Waals surface area contributed by atoms with Crippen LogP contribution in [0, 0.1) is 24.0 Å². The Labute approximate surface area is 250 Å². The minimum absolute atomic E-state index is 0.0496. The van der Waals surface area contributed by atoms with Gasteiger partial charge in [0.05, 0.1) is 23.2 Å². The number of aromatic hydroxyl groups is 1. The number of ether oxygens (including phenoxy) is 2. The summed E-state index contributed by atoms with van der Waals surface area (Å²) in [6, 6.07) is 4.95. The number of aliphatic hydroxyl groups is 1. The van der Waals surface area contributed by atoms with Crippen LogP contribution in [0.2, 0.25) is 0 Å². The average Bonchev–Trinajstić information content (AvgIpc) is 3.63. The van der Waals surface area contributed by atoms with Gasteiger partial charge in [-0.1, -0.05) is 12.0 Å². The van der Waals surface area contributed by atoms with Gasteiger partial charge in [0.1, 0.15) is 53.4 Å². The van der Waals surface area contributed by atoms with Crippen LogP contribution in [0.15, 0.2) is 24.3 Å². The number of alkyl halides is 1. The molecule has 2 aromatic carbocycles. The van der Waals surface area contributed by atoms with E-state index in [-0.39, 0.29) is 76.6 Å². The molecule has 3 saturated heterocycles. The summed E-state index contributed by atoms with van der Waals surface area (Å²) in [4.78, 5) is 17.6. The predicted molar refractivity (Wildman–Crippen MR) is 156 cm³/mol. The van der Waals surface area contributed by atoms with E-state index >= 15 is 4.39 Å². The number of halogens is 3. The zero-order valence-electron chi connectivity index (χ0n) is 23.6. The zero-order valence-corrected chi connectivity index (χ0v) is 23.6. The molecule has 4 aromatic rings. The number of hydrogen-bond acceptors (Lipinski definition) is 9. The number of aliphatic hydroxyl groups excluding tert-OH is 1. The van der Waals surface area contributed by atoms with Gasteiger partial charge in [0.2, 0.25) is 5.88 Å². The molecule has 4 atom stereocenters. The van der Waals surface area contributed by atoms with Crippen molar-refractivity contribution in [3.05, 3.63) is 41.5 Å². The first kappa shape index (κ1) is 27.2. The quantitative estimate of drug-likeness (QED) is 0.334. The summed E-state index contributed by atoms with van der Waals surface area (Å²) in [5, 5.41) is 21.8. The van der Waals surface area contributed by atoms with Crippen LogP contribution in [-0.4, -0.2) is 86.8 Å². The number of benzene rings is 2. The molecular formula is C32H28F3N5O4. The molecule has 12 heteroatoms. The van der Waals surface area contributed by atoms with Gasteiger partial charge in [0.25, 0.3) is 0 Å². The smallest absolute Gasteiger partial charge is 0.319 e. The highest BCUT2D eigenvalue weighted by atomic mass is 19.1. The number of phenols is 1. The third kappa shape index (κ3) is 4.06. The lowest BCUT2D eigenvalue weighted by atomic mass is 9.95. The van der Waals surface area contributed by atoms with Gasteiger partial charge in [-0.2, -0.15) is 9.97 Å². The average molecular weight is 604 g/mol. The molecule has 2 aromatic heterocycles. The number of rotatable bonds is 4. The van der Waals surface area contributed by atoms with Crippen molar-refractivity contribution in [2.24, 2.45) is 0 Å². The van der Waals surface area contributed by atoms with Gasteiger partial charge in [-0.25, -0.2) is 18.2 Å². The number of phenolic OH excluding ortho intramolecular Hbond substituents is 1. The molecule has 44 heavy (non-hydrogen) atoms. The number of fused-ring (bicyclic) bond motifs is 4. The minimum Gasteiger partial charge on any atom is -0.508 e. The van der Waals surface area contributed by atoms with Gasteiger partial charge in [-0.15, -0.1) is 6.42 Å². The number of pyridine rings is 1. The van der Waals surface area contributed by atoms with Crippen molar-refractivity contribution in [3.8, 4) is 41.2 Å². The SMILES string of the molecule is C#Cc1c(F)ccc2cc(O)cc(-c3nc4c5c(nc(OC[C@@]67CCCN6C[C@H](F)C7)nc5c3F)N3CC(O)C[C@H]3CO4)c12. The molecule has 4 aliphatic rings. The van der Waals surface area contributed by atoms with Crippen LogP contribution >= 0.6 is 0 Å². The Bertz CT molecular complexity index is 1900. The molecule has 8 rings (SSSR count). The monoisotopic (exact) mass is 603 g/mol. The molecule has 0 spiro atoms. The molecule has 1 unspecified atom stereocenters. The maximum absolute atomic E-state index is 16.8. The fourth-order valence-corrected chi connectivity index (χ4v) is 7.54. The Balaban J connectivity index is 1.33. The zero-order chi connectivity index (χ0) is 30.3. The minimum atomic E-state index is -0.950.